The maximum absolute atomic E-state index is 12.9. The van der Waals surface area contributed by atoms with E-state index in [0.29, 0.717) is 6.10 Å². The van der Waals surface area contributed by atoms with Crippen LogP contribution in [0.4, 0.5) is 4.39 Å². The van der Waals surface area contributed by atoms with Crippen molar-refractivity contribution in [3.63, 3.8) is 0 Å². The summed E-state index contributed by atoms with van der Waals surface area (Å²) >= 11 is 0. The van der Waals surface area contributed by atoms with Crippen molar-refractivity contribution in [3.05, 3.63) is 29.6 Å². The molecule has 1 heterocycles. The van der Waals surface area contributed by atoms with Crippen LogP contribution in [0.15, 0.2) is 18.2 Å². The summed E-state index contributed by atoms with van der Waals surface area (Å²) in [5.74, 6) is -0.407. The fraction of sp³-hybridized carbons (Fsp3) is 0.571. The van der Waals surface area contributed by atoms with Crippen LogP contribution >= 0.6 is 0 Å². The van der Waals surface area contributed by atoms with Gasteiger partial charge in [0, 0.05) is 24.3 Å². The molecule has 2 rings (SSSR count). The Morgan fingerprint density at radius 3 is 3.06 bits per heavy atom. The van der Waals surface area contributed by atoms with Crippen molar-refractivity contribution in [3.8, 4) is 5.75 Å². The van der Waals surface area contributed by atoms with Gasteiger partial charge in [0.1, 0.15) is 11.6 Å². The molecule has 0 radical (unpaired) electrons. The Labute approximate surface area is 107 Å². The summed E-state index contributed by atoms with van der Waals surface area (Å²) in [6.45, 7) is 3.67. The van der Waals surface area contributed by atoms with Gasteiger partial charge in [0.05, 0.1) is 6.10 Å². The molecule has 0 spiro atoms. The number of phenols is 1. The van der Waals surface area contributed by atoms with Gasteiger partial charge in [-0.25, -0.2) is 4.39 Å². The molecule has 2 unspecified atom stereocenters. The fourth-order valence-electron chi connectivity index (χ4n) is 2.33. The molecule has 4 heteroatoms. The van der Waals surface area contributed by atoms with Gasteiger partial charge >= 0.3 is 0 Å². The quantitative estimate of drug-likeness (QED) is 0.847. The lowest BCUT2D eigenvalue weighted by molar-refractivity contribution is 0.103. The Morgan fingerprint density at radius 1 is 1.56 bits per heavy atom. The smallest absolute Gasteiger partial charge is 0.126 e. The molecule has 1 aliphatic rings. The summed E-state index contributed by atoms with van der Waals surface area (Å²) in [6.07, 6.45) is 3.63. The standard InChI is InChI=1S/C14H20FNO2/c1-10(13-5-4-11(15)9-14(13)17)16-7-6-12-3-2-8-18-12/h4-5,9-10,12,16-17H,2-3,6-8H2,1H3. The first kappa shape index (κ1) is 13.3. The van der Waals surface area contributed by atoms with Gasteiger partial charge in [-0.1, -0.05) is 6.07 Å². The molecule has 0 aliphatic carbocycles. The molecular weight excluding hydrogens is 233 g/mol. The van der Waals surface area contributed by atoms with Crippen molar-refractivity contribution in [1.82, 2.24) is 5.32 Å². The lowest BCUT2D eigenvalue weighted by Gasteiger charge is -2.17. The number of benzene rings is 1. The number of phenolic OH excluding ortho intramolecular Hbond substituents is 1. The van der Waals surface area contributed by atoms with Crippen molar-refractivity contribution in [2.75, 3.05) is 13.2 Å². The molecule has 1 fully saturated rings. The zero-order valence-corrected chi connectivity index (χ0v) is 10.7. The van der Waals surface area contributed by atoms with Gasteiger partial charge in [-0.3, -0.25) is 0 Å². The zero-order valence-electron chi connectivity index (χ0n) is 10.7. The van der Waals surface area contributed by atoms with E-state index in [9.17, 15) is 9.50 Å². The molecule has 1 aromatic rings. The summed E-state index contributed by atoms with van der Waals surface area (Å²) in [5, 5.41) is 13.0. The highest BCUT2D eigenvalue weighted by Gasteiger charge is 2.16. The normalized spacial score (nSPS) is 21.1. The first-order valence-electron chi connectivity index (χ1n) is 6.50. The second-order valence-corrected chi connectivity index (χ2v) is 4.80. The summed E-state index contributed by atoms with van der Waals surface area (Å²) < 4.78 is 18.4. The third-order valence-corrected chi connectivity index (χ3v) is 3.40. The Kier molecular flexibility index (Phi) is 4.55. The topological polar surface area (TPSA) is 41.5 Å². The maximum Gasteiger partial charge on any atom is 0.126 e. The molecule has 0 bridgehead atoms. The van der Waals surface area contributed by atoms with Crippen LogP contribution in [0.2, 0.25) is 0 Å². The zero-order chi connectivity index (χ0) is 13.0. The molecule has 1 saturated heterocycles. The number of aromatic hydroxyl groups is 1. The maximum atomic E-state index is 12.9. The van der Waals surface area contributed by atoms with Gasteiger partial charge in [-0.05, 0) is 38.8 Å². The Balaban J connectivity index is 1.81. The largest absolute Gasteiger partial charge is 0.508 e. The van der Waals surface area contributed by atoms with E-state index in [4.69, 9.17) is 4.74 Å². The van der Waals surface area contributed by atoms with Crippen LogP contribution in [0.3, 0.4) is 0 Å². The third-order valence-electron chi connectivity index (χ3n) is 3.40. The van der Waals surface area contributed by atoms with Gasteiger partial charge in [0.2, 0.25) is 0 Å². The van der Waals surface area contributed by atoms with Gasteiger partial charge < -0.3 is 15.2 Å². The van der Waals surface area contributed by atoms with Crippen LogP contribution in [-0.4, -0.2) is 24.4 Å². The summed E-state index contributed by atoms with van der Waals surface area (Å²) in [4.78, 5) is 0. The molecule has 100 valence electrons. The fourth-order valence-corrected chi connectivity index (χ4v) is 2.33. The minimum absolute atomic E-state index is 0.00648. The Morgan fingerprint density at radius 2 is 2.39 bits per heavy atom. The molecule has 0 amide bonds. The van der Waals surface area contributed by atoms with Crippen molar-refractivity contribution in [1.29, 1.82) is 0 Å². The molecule has 1 aliphatic heterocycles. The van der Waals surface area contributed by atoms with Crippen LogP contribution < -0.4 is 5.32 Å². The predicted octanol–water partition coefficient (Wildman–Crippen LogP) is 2.75. The van der Waals surface area contributed by atoms with E-state index in [0.717, 1.165) is 44.0 Å². The van der Waals surface area contributed by atoms with Crippen LogP contribution in [0, 0.1) is 5.82 Å². The van der Waals surface area contributed by atoms with E-state index in [1.54, 1.807) is 6.07 Å². The summed E-state index contributed by atoms with van der Waals surface area (Å²) in [6, 6.07) is 4.14. The molecular formula is C14H20FNO2. The number of halogens is 1. The van der Waals surface area contributed by atoms with E-state index in [1.165, 1.54) is 6.07 Å². The summed E-state index contributed by atoms with van der Waals surface area (Å²) in [5.41, 5.74) is 0.726. The van der Waals surface area contributed by atoms with Gasteiger partial charge in [-0.2, -0.15) is 0 Å². The molecule has 0 aromatic heterocycles. The van der Waals surface area contributed by atoms with E-state index in [1.807, 2.05) is 6.92 Å². The van der Waals surface area contributed by atoms with E-state index in [2.05, 4.69) is 5.32 Å². The average molecular weight is 253 g/mol. The first-order chi connectivity index (χ1) is 8.66. The van der Waals surface area contributed by atoms with Crippen LogP contribution in [0.5, 0.6) is 5.75 Å². The number of ether oxygens (including phenoxy) is 1. The van der Waals surface area contributed by atoms with Gasteiger partial charge in [0.25, 0.3) is 0 Å². The lowest BCUT2D eigenvalue weighted by atomic mass is 10.1. The first-order valence-corrected chi connectivity index (χ1v) is 6.50. The highest BCUT2D eigenvalue weighted by molar-refractivity contribution is 5.34. The third kappa shape index (κ3) is 3.43. The summed E-state index contributed by atoms with van der Waals surface area (Å²) in [7, 11) is 0. The van der Waals surface area contributed by atoms with E-state index in [-0.39, 0.29) is 11.8 Å². The molecule has 2 atom stereocenters. The highest BCUT2D eigenvalue weighted by Crippen LogP contribution is 2.24. The Bertz CT molecular complexity index is 391. The van der Waals surface area contributed by atoms with Crippen LogP contribution in [0.1, 0.15) is 37.8 Å². The van der Waals surface area contributed by atoms with Crippen molar-refractivity contribution in [2.45, 2.75) is 38.3 Å². The van der Waals surface area contributed by atoms with Gasteiger partial charge in [-0.15, -0.1) is 0 Å². The second kappa shape index (κ2) is 6.16. The molecule has 3 nitrogen and oxygen atoms in total. The minimum Gasteiger partial charge on any atom is -0.508 e. The monoisotopic (exact) mass is 253 g/mol. The number of hydrogen-bond donors (Lipinski definition) is 2. The predicted molar refractivity (Wildman–Crippen MR) is 68.1 cm³/mol. The molecule has 2 N–H and O–H groups in total. The van der Waals surface area contributed by atoms with Crippen molar-refractivity contribution >= 4 is 0 Å². The van der Waals surface area contributed by atoms with Crippen LogP contribution in [-0.2, 0) is 4.74 Å². The highest BCUT2D eigenvalue weighted by atomic mass is 19.1. The average Bonchev–Trinajstić information content (AvgIpc) is 2.81. The number of hydrogen-bond acceptors (Lipinski definition) is 3. The van der Waals surface area contributed by atoms with Crippen molar-refractivity contribution in [2.24, 2.45) is 0 Å². The van der Waals surface area contributed by atoms with E-state index >= 15 is 0 Å². The molecule has 0 saturated carbocycles. The molecule has 1 aromatic carbocycles. The minimum atomic E-state index is -0.414. The van der Waals surface area contributed by atoms with Crippen molar-refractivity contribution < 1.29 is 14.2 Å². The number of nitrogens with one attached hydrogen (secondary N) is 1. The SMILES string of the molecule is CC(NCCC1CCCO1)c1ccc(F)cc1O. The lowest BCUT2D eigenvalue weighted by Crippen LogP contribution is -2.23. The Hall–Kier alpha value is -1.13. The number of rotatable bonds is 5. The molecule has 18 heavy (non-hydrogen) atoms. The van der Waals surface area contributed by atoms with Gasteiger partial charge in [0.15, 0.2) is 0 Å². The second-order valence-electron chi connectivity index (χ2n) is 4.80. The van der Waals surface area contributed by atoms with Crippen LogP contribution in [0.25, 0.3) is 0 Å². The van der Waals surface area contributed by atoms with E-state index < -0.39 is 5.82 Å².